The minimum absolute atomic E-state index is 0.196. The molecule has 0 aliphatic heterocycles. The maximum absolute atomic E-state index is 8.72. The van der Waals surface area contributed by atoms with Crippen LogP contribution in [0, 0.1) is 22.2 Å². The number of nitrogens with one attached hydrogen (secondary N) is 1. The fraction of sp³-hybridized carbons (Fsp3) is 0.941. The molecule has 0 rings (SSSR count). The average Bonchev–Trinajstić information content (AvgIpc) is 2.25. The molecular formula is C17H34N2. The van der Waals surface area contributed by atoms with E-state index in [1.807, 2.05) is 0 Å². The Hall–Kier alpha value is -0.550. The van der Waals surface area contributed by atoms with Crippen LogP contribution in [0.3, 0.4) is 0 Å². The number of hydrogen-bond acceptors (Lipinski definition) is 2. The van der Waals surface area contributed by atoms with Crippen LogP contribution >= 0.6 is 0 Å². The SMILES string of the molecule is CC(C)(C)CCCCNCCCCC(C)(C)CC#N. The molecule has 2 nitrogen and oxygen atoms in total. The zero-order valence-corrected chi connectivity index (χ0v) is 13.8. The van der Waals surface area contributed by atoms with Gasteiger partial charge in [0.1, 0.15) is 0 Å². The molecule has 112 valence electrons. The van der Waals surface area contributed by atoms with Gasteiger partial charge in [0.15, 0.2) is 0 Å². The second-order valence-electron chi connectivity index (χ2n) is 7.72. The van der Waals surface area contributed by atoms with Crippen LogP contribution in [0.2, 0.25) is 0 Å². The Morgan fingerprint density at radius 1 is 0.842 bits per heavy atom. The predicted molar refractivity (Wildman–Crippen MR) is 84.0 cm³/mol. The molecule has 0 saturated heterocycles. The Labute approximate surface area is 121 Å². The van der Waals surface area contributed by atoms with E-state index in [1.165, 1.54) is 32.1 Å². The molecule has 0 aliphatic carbocycles. The van der Waals surface area contributed by atoms with Crippen molar-refractivity contribution in [2.75, 3.05) is 13.1 Å². The Morgan fingerprint density at radius 3 is 1.84 bits per heavy atom. The Bertz CT molecular complexity index is 255. The number of nitrogens with zero attached hydrogens (tertiary/aromatic N) is 1. The van der Waals surface area contributed by atoms with E-state index in [4.69, 9.17) is 5.26 Å². The second kappa shape index (κ2) is 9.37. The molecule has 0 heterocycles. The Morgan fingerprint density at radius 2 is 1.37 bits per heavy atom. The summed E-state index contributed by atoms with van der Waals surface area (Å²) in [6.45, 7) is 13.6. The summed E-state index contributed by atoms with van der Waals surface area (Å²) < 4.78 is 0. The van der Waals surface area contributed by atoms with Gasteiger partial charge in [0.2, 0.25) is 0 Å². The van der Waals surface area contributed by atoms with Crippen molar-refractivity contribution in [2.45, 2.75) is 79.6 Å². The van der Waals surface area contributed by atoms with E-state index < -0.39 is 0 Å². The molecule has 0 saturated carbocycles. The highest BCUT2D eigenvalue weighted by molar-refractivity contribution is 4.81. The van der Waals surface area contributed by atoms with Gasteiger partial charge in [0.25, 0.3) is 0 Å². The summed E-state index contributed by atoms with van der Waals surface area (Å²) in [5.74, 6) is 0. The summed E-state index contributed by atoms with van der Waals surface area (Å²) in [4.78, 5) is 0. The van der Waals surface area contributed by atoms with Crippen LogP contribution < -0.4 is 5.32 Å². The molecule has 0 aromatic rings. The minimum atomic E-state index is 0.196. The van der Waals surface area contributed by atoms with Gasteiger partial charge < -0.3 is 5.32 Å². The topological polar surface area (TPSA) is 35.8 Å². The van der Waals surface area contributed by atoms with E-state index in [1.54, 1.807) is 0 Å². The van der Waals surface area contributed by atoms with Crippen LogP contribution in [0.25, 0.3) is 0 Å². The van der Waals surface area contributed by atoms with Gasteiger partial charge in [0, 0.05) is 6.42 Å². The van der Waals surface area contributed by atoms with E-state index in [-0.39, 0.29) is 5.41 Å². The summed E-state index contributed by atoms with van der Waals surface area (Å²) in [6.07, 6.45) is 8.22. The van der Waals surface area contributed by atoms with Crippen molar-refractivity contribution in [1.29, 1.82) is 5.26 Å². The third kappa shape index (κ3) is 13.7. The van der Waals surface area contributed by atoms with Gasteiger partial charge in [-0.15, -0.1) is 0 Å². The van der Waals surface area contributed by atoms with E-state index in [9.17, 15) is 0 Å². The fourth-order valence-electron chi connectivity index (χ4n) is 2.19. The van der Waals surface area contributed by atoms with Gasteiger partial charge in [-0.2, -0.15) is 5.26 Å². The molecule has 0 bridgehead atoms. The summed E-state index contributed by atoms with van der Waals surface area (Å²) in [7, 11) is 0. The highest BCUT2D eigenvalue weighted by Gasteiger charge is 2.16. The van der Waals surface area contributed by atoms with Crippen molar-refractivity contribution < 1.29 is 0 Å². The van der Waals surface area contributed by atoms with Crippen LogP contribution in [-0.2, 0) is 0 Å². The largest absolute Gasteiger partial charge is 0.317 e. The van der Waals surface area contributed by atoms with Crippen molar-refractivity contribution >= 4 is 0 Å². The number of hydrogen-bond donors (Lipinski definition) is 1. The first-order chi connectivity index (χ1) is 8.77. The third-order valence-electron chi connectivity index (χ3n) is 3.55. The summed E-state index contributed by atoms with van der Waals surface area (Å²) in [5.41, 5.74) is 0.674. The van der Waals surface area contributed by atoms with Gasteiger partial charge in [-0.1, -0.05) is 47.5 Å². The first-order valence-corrected chi connectivity index (χ1v) is 7.84. The van der Waals surface area contributed by atoms with Crippen molar-refractivity contribution in [3.63, 3.8) is 0 Å². The van der Waals surface area contributed by atoms with Crippen molar-refractivity contribution in [2.24, 2.45) is 10.8 Å². The summed E-state index contributed by atoms with van der Waals surface area (Å²) >= 11 is 0. The summed E-state index contributed by atoms with van der Waals surface area (Å²) in [6, 6.07) is 2.28. The van der Waals surface area contributed by atoms with E-state index >= 15 is 0 Å². The van der Waals surface area contributed by atoms with Crippen LogP contribution in [0.1, 0.15) is 79.6 Å². The van der Waals surface area contributed by atoms with Crippen molar-refractivity contribution in [3.8, 4) is 6.07 Å². The zero-order chi connectivity index (χ0) is 14.8. The molecule has 0 unspecified atom stereocenters. The molecule has 0 aliphatic rings. The third-order valence-corrected chi connectivity index (χ3v) is 3.55. The van der Waals surface area contributed by atoms with Crippen LogP contribution in [0.5, 0.6) is 0 Å². The number of nitriles is 1. The van der Waals surface area contributed by atoms with Crippen LogP contribution in [0.15, 0.2) is 0 Å². The van der Waals surface area contributed by atoms with E-state index in [2.05, 4.69) is 46.0 Å². The lowest BCUT2D eigenvalue weighted by molar-refractivity contribution is 0.327. The minimum Gasteiger partial charge on any atom is -0.317 e. The summed E-state index contributed by atoms with van der Waals surface area (Å²) in [5, 5.41) is 12.2. The van der Waals surface area contributed by atoms with E-state index in [0.29, 0.717) is 11.8 Å². The zero-order valence-electron chi connectivity index (χ0n) is 13.8. The average molecular weight is 266 g/mol. The molecule has 0 radical (unpaired) electrons. The first-order valence-electron chi connectivity index (χ1n) is 7.84. The molecule has 19 heavy (non-hydrogen) atoms. The Kier molecular flexibility index (Phi) is 9.10. The lowest BCUT2D eigenvalue weighted by Crippen LogP contribution is -2.18. The maximum Gasteiger partial charge on any atom is 0.0627 e. The monoisotopic (exact) mass is 266 g/mol. The molecular weight excluding hydrogens is 232 g/mol. The molecule has 0 aromatic heterocycles. The number of unbranched alkanes of at least 4 members (excludes halogenated alkanes) is 2. The van der Waals surface area contributed by atoms with Crippen molar-refractivity contribution in [1.82, 2.24) is 5.32 Å². The molecule has 0 aromatic carbocycles. The highest BCUT2D eigenvalue weighted by Crippen LogP contribution is 2.26. The number of rotatable bonds is 10. The molecule has 2 heteroatoms. The Balaban J connectivity index is 3.31. The lowest BCUT2D eigenvalue weighted by Gasteiger charge is -2.20. The van der Waals surface area contributed by atoms with Gasteiger partial charge in [-0.3, -0.25) is 0 Å². The van der Waals surface area contributed by atoms with Gasteiger partial charge >= 0.3 is 0 Å². The molecule has 0 amide bonds. The normalized spacial score (nSPS) is 12.4. The molecule has 0 spiro atoms. The molecule has 1 N–H and O–H groups in total. The first kappa shape index (κ1) is 18.4. The second-order valence-corrected chi connectivity index (χ2v) is 7.72. The van der Waals surface area contributed by atoms with Crippen LogP contribution in [0.4, 0.5) is 0 Å². The van der Waals surface area contributed by atoms with Gasteiger partial charge in [-0.05, 0) is 49.6 Å². The predicted octanol–water partition coefficient (Wildman–Crippen LogP) is 4.90. The quantitative estimate of drug-likeness (QED) is 0.571. The van der Waals surface area contributed by atoms with Gasteiger partial charge in [-0.25, -0.2) is 0 Å². The van der Waals surface area contributed by atoms with Crippen molar-refractivity contribution in [3.05, 3.63) is 0 Å². The standard InChI is InChI=1S/C17H34N2/c1-16(2,3)10-6-8-14-19-15-9-7-11-17(4,5)12-13-18/h19H,6-12,14-15H2,1-5H3. The van der Waals surface area contributed by atoms with Crippen LogP contribution in [-0.4, -0.2) is 13.1 Å². The highest BCUT2D eigenvalue weighted by atomic mass is 14.8. The maximum atomic E-state index is 8.72. The molecule has 0 fully saturated rings. The molecule has 0 atom stereocenters. The fourth-order valence-corrected chi connectivity index (χ4v) is 2.19. The van der Waals surface area contributed by atoms with E-state index in [0.717, 1.165) is 19.5 Å². The lowest BCUT2D eigenvalue weighted by atomic mass is 9.84. The smallest absolute Gasteiger partial charge is 0.0627 e. The van der Waals surface area contributed by atoms with Gasteiger partial charge in [0.05, 0.1) is 6.07 Å².